The molecule has 0 aliphatic rings. The summed E-state index contributed by atoms with van der Waals surface area (Å²) in [5, 5.41) is 13.0. The van der Waals surface area contributed by atoms with Gasteiger partial charge in [-0.1, -0.05) is 11.6 Å². The minimum atomic E-state index is 0.229. The van der Waals surface area contributed by atoms with Crippen LogP contribution in [0.4, 0.5) is 0 Å². The number of hydrogen-bond donors (Lipinski definition) is 2. The molecule has 0 radical (unpaired) electrons. The number of aliphatic hydroxyl groups excluding tert-OH is 1. The second kappa shape index (κ2) is 6.24. The largest absolute Gasteiger partial charge is 0.396 e. The zero-order valence-corrected chi connectivity index (χ0v) is 10.9. The van der Waals surface area contributed by atoms with Crippen molar-refractivity contribution in [2.45, 2.75) is 39.8 Å². The zero-order chi connectivity index (χ0) is 12.1. The molecule has 16 heavy (non-hydrogen) atoms. The number of rotatable bonds is 5. The van der Waals surface area contributed by atoms with E-state index in [0.717, 1.165) is 18.0 Å². The number of aliphatic hydroxyl groups is 1. The summed E-state index contributed by atoms with van der Waals surface area (Å²) >= 11 is 5.98. The number of hydrogen-bond acceptors (Lipinski definition) is 2. The maximum absolute atomic E-state index is 8.82. The van der Waals surface area contributed by atoms with Crippen LogP contribution >= 0.6 is 11.6 Å². The molecule has 0 fully saturated rings. The van der Waals surface area contributed by atoms with Crippen LogP contribution in [-0.4, -0.2) is 17.8 Å². The van der Waals surface area contributed by atoms with Gasteiger partial charge in [0.1, 0.15) is 0 Å². The quantitative estimate of drug-likeness (QED) is 0.831. The summed E-state index contributed by atoms with van der Waals surface area (Å²) in [6.07, 6.45) is 0.783. The SMILES string of the molecule is Cc1cc(Cl)cc(C)c1CNC(C)CCO. The summed E-state index contributed by atoms with van der Waals surface area (Å²) in [7, 11) is 0. The molecule has 1 rings (SSSR count). The summed E-state index contributed by atoms with van der Waals surface area (Å²) in [6.45, 7) is 7.29. The molecule has 90 valence electrons. The third-order valence-corrected chi connectivity index (χ3v) is 3.07. The normalized spacial score (nSPS) is 12.8. The molecular weight excluding hydrogens is 222 g/mol. The topological polar surface area (TPSA) is 32.3 Å². The zero-order valence-electron chi connectivity index (χ0n) is 10.2. The molecule has 2 nitrogen and oxygen atoms in total. The van der Waals surface area contributed by atoms with Gasteiger partial charge >= 0.3 is 0 Å². The van der Waals surface area contributed by atoms with E-state index in [1.54, 1.807) is 0 Å². The van der Waals surface area contributed by atoms with Crippen molar-refractivity contribution in [2.24, 2.45) is 0 Å². The van der Waals surface area contributed by atoms with Crippen molar-refractivity contribution in [3.8, 4) is 0 Å². The molecule has 1 aromatic carbocycles. The lowest BCUT2D eigenvalue weighted by molar-refractivity contribution is 0.268. The lowest BCUT2D eigenvalue weighted by Crippen LogP contribution is -2.27. The van der Waals surface area contributed by atoms with Gasteiger partial charge in [-0.25, -0.2) is 0 Å². The molecule has 0 heterocycles. The van der Waals surface area contributed by atoms with Crippen LogP contribution in [0.3, 0.4) is 0 Å². The highest BCUT2D eigenvalue weighted by molar-refractivity contribution is 6.30. The van der Waals surface area contributed by atoms with Crippen LogP contribution in [0.1, 0.15) is 30.0 Å². The van der Waals surface area contributed by atoms with E-state index >= 15 is 0 Å². The van der Waals surface area contributed by atoms with Crippen LogP contribution in [0.15, 0.2) is 12.1 Å². The number of benzene rings is 1. The van der Waals surface area contributed by atoms with Crippen molar-refractivity contribution in [1.29, 1.82) is 0 Å². The molecule has 2 N–H and O–H groups in total. The molecule has 0 aliphatic carbocycles. The average molecular weight is 242 g/mol. The Labute approximate surface area is 103 Å². The molecule has 0 saturated heterocycles. The highest BCUT2D eigenvalue weighted by Crippen LogP contribution is 2.20. The fourth-order valence-corrected chi connectivity index (χ4v) is 2.12. The Balaban J connectivity index is 2.67. The summed E-state index contributed by atoms with van der Waals surface area (Å²) < 4.78 is 0. The maximum atomic E-state index is 8.82. The molecule has 3 heteroatoms. The lowest BCUT2D eigenvalue weighted by Gasteiger charge is -2.16. The van der Waals surface area contributed by atoms with Gasteiger partial charge in [0.25, 0.3) is 0 Å². The van der Waals surface area contributed by atoms with Gasteiger partial charge in [-0.3, -0.25) is 0 Å². The van der Waals surface area contributed by atoms with Crippen molar-refractivity contribution in [3.63, 3.8) is 0 Å². The van der Waals surface area contributed by atoms with Gasteiger partial charge in [0.05, 0.1) is 0 Å². The van der Waals surface area contributed by atoms with Crippen molar-refractivity contribution >= 4 is 11.6 Å². The standard InChI is InChI=1S/C13H20ClNO/c1-9-6-12(14)7-10(2)13(9)8-15-11(3)4-5-16/h6-7,11,15-16H,4-5,8H2,1-3H3. The number of halogens is 1. The van der Waals surface area contributed by atoms with Crippen molar-refractivity contribution < 1.29 is 5.11 Å². The van der Waals surface area contributed by atoms with Gasteiger partial charge in [-0.05, 0) is 56.0 Å². The summed E-state index contributed by atoms with van der Waals surface area (Å²) in [6, 6.07) is 4.31. The highest BCUT2D eigenvalue weighted by atomic mass is 35.5. The van der Waals surface area contributed by atoms with Crippen LogP contribution in [0, 0.1) is 13.8 Å². The molecule has 1 atom stereocenters. The summed E-state index contributed by atoms with van der Waals surface area (Å²) in [5.74, 6) is 0. The van der Waals surface area contributed by atoms with E-state index in [0.29, 0.717) is 6.04 Å². The molecule has 0 amide bonds. The van der Waals surface area contributed by atoms with Crippen LogP contribution in [0.5, 0.6) is 0 Å². The molecule has 0 bridgehead atoms. The van der Waals surface area contributed by atoms with Crippen LogP contribution in [0.2, 0.25) is 5.02 Å². The van der Waals surface area contributed by atoms with Gasteiger partial charge in [-0.15, -0.1) is 0 Å². The monoisotopic (exact) mass is 241 g/mol. The molecule has 1 aromatic rings. The Bertz CT molecular complexity index is 329. The lowest BCUT2D eigenvalue weighted by atomic mass is 10.0. The van der Waals surface area contributed by atoms with Crippen LogP contribution in [0.25, 0.3) is 0 Å². The second-order valence-corrected chi connectivity index (χ2v) is 4.75. The third-order valence-electron chi connectivity index (χ3n) is 2.85. The Hall–Kier alpha value is -0.570. The number of nitrogens with one attached hydrogen (secondary N) is 1. The van der Waals surface area contributed by atoms with Crippen LogP contribution < -0.4 is 5.32 Å². The Morgan fingerprint density at radius 2 is 1.88 bits per heavy atom. The molecular formula is C13H20ClNO. The first-order chi connectivity index (χ1) is 7.54. The third kappa shape index (κ3) is 3.78. The smallest absolute Gasteiger partial charge is 0.0445 e. The summed E-state index contributed by atoms with van der Waals surface area (Å²) in [4.78, 5) is 0. The van der Waals surface area contributed by atoms with Crippen molar-refractivity contribution in [3.05, 3.63) is 33.8 Å². The van der Waals surface area contributed by atoms with Gasteiger partial charge in [0.15, 0.2) is 0 Å². The fraction of sp³-hybridized carbons (Fsp3) is 0.538. The molecule has 0 aromatic heterocycles. The molecule has 0 saturated carbocycles. The van der Waals surface area contributed by atoms with Gasteiger partial charge in [-0.2, -0.15) is 0 Å². The predicted octanol–water partition coefficient (Wildman–Crippen LogP) is 2.82. The summed E-state index contributed by atoms with van der Waals surface area (Å²) in [5.41, 5.74) is 3.73. The van der Waals surface area contributed by atoms with Gasteiger partial charge < -0.3 is 10.4 Å². The Morgan fingerprint density at radius 3 is 2.38 bits per heavy atom. The molecule has 1 unspecified atom stereocenters. The first-order valence-electron chi connectivity index (χ1n) is 5.64. The van der Waals surface area contributed by atoms with Crippen molar-refractivity contribution in [1.82, 2.24) is 5.32 Å². The number of aryl methyl sites for hydroxylation is 2. The van der Waals surface area contributed by atoms with Crippen molar-refractivity contribution in [2.75, 3.05) is 6.61 Å². The van der Waals surface area contributed by atoms with E-state index in [2.05, 4.69) is 26.1 Å². The van der Waals surface area contributed by atoms with E-state index in [1.165, 1.54) is 16.7 Å². The average Bonchev–Trinajstić information content (AvgIpc) is 2.16. The Morgan fingerprint density at radius 1 is 1.31 bits per heavy atom. The minimum Gasteiger partial charge on any atom is -0.396 e. The molecule has 0 spiro atoms. The Kier molecular flexibility index (Phi) is 5.26. The van der Waals surface area contributed by atoms with E-state index in [9.17, 15) is 0 Å². The molecule has 0 aliphatic heterocycles. The highest BCUT2D eigenvalue weighted by Gasteiger charge is 2.06. The van der Waals surface area contributed by atoms with E-state index in [-0.39, 0.29) is 6.61 Å². The predicted molar refractivity (Wildman–Crippen MR) is 68.9 cm³/mol. The van der Waals surface area contributed by atoms with E-state index < -0.39 is 0 Å². The first kappa shape index (κ1) is 13.5. The van der Waals surface area contributed by atoms with Gasteiger partial charge in [0, 0.05) is 24.2 Å². The van der Waals surface area contributed by atoms with E-state index in [4.69, 9.17) is 16.7 Å². The minimum absolute atomic E-state index is 0.229. The fourth-order valence-electron chi connectivity index (χ4n) is 1.79. The maximum Gasteiger partial charge on any atom is 0.0445 e. The first-order valence-corrected chi connectivity index (χ1v) is 6.02. The van der Waals surface area contributed by atoms with E-state index in [1.807, 2.05) is 12.1 Å². The van der Waals surface area contributed by atoms with Crippen LogP contribution in [-0.2, 0) is 6.54 Å². The van der Waals surface area contributed by atoms with Gasteiger partial charge in [0.2, 0.25) is 0 Å². The second-order valence-electron chi connectivity index (χ2n) is 4.31.